The van der Waals surface area contributed by atoms with Crippen molar-refractivity contribution in [2.75, 3.05) is 43.0 Å². The van der Waals surface area contributed by atoms with Gasteiger partial charge in [0.05, 0.1) is 12.8 Å². The van der Waals surface area contributed by atoms with Crippen LogP contribution in [0.3, 0.4) is 0 Å². The van der Waals surface area contributed by atoms with Gasteiger partial charge in [0.1, 0.15) is 0 Å². The summed E-state index contributed by atoms with van der Waals surface area (Å²) in [5, 5.41) is 11.5. The number of anilines is 3. The van der Waals surface area contributed by atoms with E-state index in [0.29, 0.717) is 50.5 Å². The van der Waals surface area contributed by atoms with Crippen molar-refractivity contribution in [2.45, 2.75) is 26.7 Å². The van der Waals surface area contributed by atoms with E-state index in [9.17, 15) is 4.79 Å². The Hall–Kier alpha value is -2.90. The second-order valence-electron chi connectivity index (χ2n) is 6.72. The van der Waals surface area contributed by atoms with Gasteiger partial charge in [0.2, 0.25) is 5.95 Å². The zero-order valence-electron chi connectivity index (χ0n) is 16.1. The first-order valence-corrected chi connectivity index (χ1v) is 9.30. The number of nitrogens with zero attached hydrogens (tertiary/aromatic N) is 5. The molecule has 27 heavy (non-hydrogen) atoms. The van der Waals surface area contributed by atoms with Gasteiger partial charge in [0.15, 0.2) is 5.82 Å². The quantitative estimate of drug-likeness (QED) is 0.866. The van der Waals surface area contributed by atoms with Crippen molar-refractivity contribution in [3.8, 4) is 0 Å². The predicted octanol–water partition coefficient (Wildman–Crippen LogP) is 3.02. The Bertz CT molecular complexity index is 757. The molecule has 1 fully saturated rings. The van der Waals surface area contributed by atoms with Gasteiger partial charge < -0.3 is 19.9 Å². The topological polar surface area (TPSA) is 83.5 Å². The van der Waals surface area contributed by atoms with Crippen LogP contribution in [0.5, 0.6) is 0 Å². The molecule has 0 saturated carbocycles. The minimum atomic E-state index is -0.267. The van der Waals surface area contributed by atoms with E-state index in [1.165, 1.54) is 5.56 Å². The zero-order valence-corrected chi connectivity index (χ0v) is 16.1. The van der Waals surface area contributed by atoms with E-state index in [1.54, 1.807) is 11.1 Å². The number of nitrogens with one attached hydrogen (secondary N) is 1. The van der Waals surface area contributed by atoms with Gasteiger partial charge in [0, 0.05) is 31.9 Å². The second kappa shape index (κ2) is 8.66. The summed E-state index contributed by atoms with van der Waals surface area (Å²) in [7, 11) is 0. The van der Waals surface area contributed by atoms with E-state index in [1.807, 2.05) is 24.0 Å². The third-order valence-corrected chi connectivity index (χ3v) is 4.49. The first kappa shape index (κ1) is 18.9. The van der Waals surface area contributed by atoms with Gasteiger partial charge in [0.25, 0.3) is 0 Å². The SMILES string of the molecule is CCOC(=O)N1CCN(c2nncc(Nc3ccc(C(C)C)cc3)n2)CC1. The summed E-state index contributed by atoms with van der Waals surface area (Å²) in [5.41, 5.74) is 2.25. The molecule has 2 heterocycles. The number of amides is 1. The van der Waals surface area contributed by atoms with Crippen LogP contribution in [-0.4, -0.2) is 59.0 Å². The van der Waals surface area contributed by atoms with Crippen LogP contribution < -0.4 is 10.2 Å². The molecule has 8 nitrogen and oxygen atoms in total. The Morgan fingerprint density at radius 2 is 1.89 bits per heavy atom. The highest BCUT2D eigenvalue weighted by molar-refractivity contribution is 5.68. The van der Waals surface area contributed by atoms with E-state index in [4.69, 9.17) is 4.74 Å². The van der Waals surface area contributed by atoms with Gasteiger partial charge in [-0.2, -0.15) is 10.1 Å². The first-order chi connectivity index (χ1) is 13.1. The maximum absolute atomic E-state index is 11.8. The van der Waals surface area contributed by atoms with Crippen molar-refractivity contribution >= 4 is 23.5 Å². The fourth-order valence-electron chi connectivity index (χ4n) is 2.89. The fourth-order valence-corrected chi connectivity index (χ4v) is 2.89. The number of ether oxygens (including phenoxy) is 1. The van der Waals surface area contributed by atoms with E-state index in [-0.39, 0.29) is 6.09 Å². The molecule has 2 aromatic rings. The zero-order chi connectivity index (χ0) is 19.2. The lowest BCUT2D eigenvalue weighted by Crippen LogP contribution is -2.49. The van der Waals surface area contributed by atoms with E-state index in [0.717, 1.165) is 5.69 Å². The van der Waals surface area contributed by atoms with Crippen LogP contribution in [0, 0.1) is 0 Å². The summed E-state index contributed by atoms with van der Waals surface area (Å²) in [6.45, 7) is 8.99. The molecule has 0 atom stereocenters. The number of piperazine rings is 1. The molecule has 0 unspecified atom stereocenters. The van der Waals surface area contributed by atoms with Crippen LogP contribution in [0.2, 0.25) is 0 Å². The number of hydrogen-bond donors (Lipinski definition) is 1. The molecule has 8 heteroatoms. The molecule has 0 spiro atoms. The summed E-state index contributed by atoms with van der Waals surface area (Å²) in [4.78, 5) is 20.1. The number of hydrogen-bond acceptors (Lipinski definition) is 7. The lowest BCUT2D eigenvalue weighted by molar-refractivity contribution is 0.105. The van der Waals surface area contributed by atoms with E-state index < -0.39 is 0 Å². The summed E-state index contributed by atoms with van der Waals surface area (Å²) in [5.74, 6) is 1.70. The lowest BCUT2D eigenvalue weighted by Gasteiger charge is -2.33. The maximum atomic E-state index is 11.8. The molecular weight excluding hydrogens is 344 g/mol. The molecule has 1 amide bonds. The largest absolute Gasteiger partial charge is 0.450 e. The van der Waals surface area contributed by atoms with Gasteiger partial charge in [-0.25, -0.2) is 4.79 Å². The van der Waals surface area contributed by atoms with Crippen molar-refractivity contribution in [1.29, 1.82) is 0 Å². The Labute approximate surface area is 159 Å². The average Bonchev–Trinajstić information content (AvgIpc) is 2.69. The highest BCUT2D eigenvalue weighted by Crippen LogP contribution is 2.20. The minimum absolute atomic E-state index is 0.267. The number of benzene rings is 1. The predicted molar refractivity (Wildman–Crippen MR) is 104 cm³/mol. The van der Waals surface area contributed by atoms with E-state index >= 15 is 0 Å². The Morgan fingerprint density at radius 1 is 1.19 bits per heavy atom. The lowest BCUT2D eigenvalue weighted by atomic mass is 10.0. The number of carbonyl (C=O) groups excluding carboxylic acids is 1. The van der Waals surface area contributed by atoms with Gasteiger partial charge in [-0.1, -0.05) is 26.0 Å². The number of aromatic nitrogens is 3. The molecule has 1 aliphatic heterocycles. The summed E-state index contributed by atoms with van der Waals surface area (Å²) >= 11 is 0. The van der Waals surface area contributed by atoms with Crippen LogP contribution in [0.4, 0.5) is 22.2 Å². The Balaban J connectivity index is 1.61. The van der Waals surface area contributed by atoms with Gasteiger partial charge in [-0.3, -0.25) is 0 Å². The van der Waals surface area contributed by atoms with Crippen LogP contribution in [0.1, 0.15) is 32.3 Å². The second-order valence-corrected chi connectivity index (χ2v) is 6.72. The molecule has 1 N–H and O–H groups in total. The monoisotopic (exact) mass is 370 g/mol. The van der Waals surface area contributed by atoms with Crippen molar-refractivity contribution in [3.63, 3.8) is 0 Å². The highest BCUT2D eigenvalue weighted by Gasteiger charge is 2.23. The van der Waals surface area contributed by atoms with Crippen molar-refractivity contribution < 1.29 is 9.53 Å². The van der Waals surface area contributed by atoms with Crippen LogP contribution >= 0.6 is 0 Å². The molecule has 144 valence electrons. The van der Waals surface area contributed by atoms with Crippen LogP contribution in [0.15, 0.2) is 30.5 Å². The van der Waals surface area contributed by atoms with Crippen molar-refractivity contribution in [2.24, 2.45) is 0 Å². The smallest absolute Gasteiger partial charge is 0.409 e. The molecular formula is C19H26N6O2. The van der Waals surface area contributed by atoms with Gasteiger partial charge in [-0.15, -0.1) is 5.10 Å². The Kier molecular flexibility index (Phi) is 6.05. The molecule has 1 aliphatic rings. The highest BCUT2D eigenvalue weighted by atomic mass is 16.6. The summed E-state index contributed by atoms with van der Waals surface area (Å²) in [6, 6.07) is 8.29. The van der Waals surface area contributed by atoms with E-state index in [2.05, 4.69) is 46.5 Å². The fraction of sp³-hybridized carbons (Fsp3) is 0.474. The van der Waals surface area contributed by atoms with Gasteiger partial charge >= 0.3 is 6.09 Å². The van der Waals surface area contributed by atoms with Crippen LogP contribution in [0.25, 0.3) is 0 Å². The summed E-state index contributed by atoms with van der Waals surface area (Å²) < 4.78 is 5.05. The third kappa shape index (κ3) is 4.84. The molecule has 0 radical (unpaired) electrons. The van der Waals surface area contributed by atoms with Crippen molar-refractivity contribution in [1.82, 2.24) is 20.1 Å². The van der Waals surface area contributed by atoms with Crippen LogP contribution in [-0.2, 0) is 4.74 Å². The maximum Gasteiger partial charge on any atom is 0.409 e. The molecule has 0 aliphatic carbocycles. The molecule has 1 saturated heterocycles. The normalized spacial score (nSPS) is 14.4. The third-order valence-electron chi connectivity index (χ3n) is 4.49. The number of carbonyl (C=O) groups is 1. The number of rotatable bonds is 5. The summed E-state index contributed by atoms with van der Waals surface area (Å²) in [6.07, 6.45) is 1.34. The first-order valence-electron chi connectivity index (χ1n) is 9.30. The molecule has 3 rings (SSSR count). The molecule has 0 bridgehead atoms. The average molecular weight is 370 g/mol. The minimum Gasteiger partial charge on any atom is -0.450 e. The molecule has 1 aromatic heterocycles. The Morgan fingerprint density at radius 3 is 2.52 bits per heavy atom. The van der Waals surface area contributed by atoms with Gasteiger partial charge in [-0.05, 0) is 30.5 Å². The standard InChI is InChI=1S/C19H26N6O2/c1-4-27-19(26)25-11-9-24(10-12-25)18-22-17(13-20-23-18)21-16-7-5-15(6-8-16)14(2)3/h5-8,13-14H,4,9-12H2,1-3H3,(H,21,22,23). The van der Waals surface area contributed by atoms with Crippen molar-refractivity contribution in [3.05, 3.63) is 36.0 Å². The molecule has 1 aromatic carbocycles.